The minimum Gasteiger partial charge on any atom is -0.313 e. The van der Waals surface area contributed by atoms with Crippen LogP contribution in [0.4, 0.5) is 0 Å². The number of rotatable bonds is 6. The summed E-state index contributed by atoms with van der Waals surface area (Å²) in [5.74, 6) is 2.15. The fraction of sp³-hybridized carbons (Fsp3) is 1.00. The molecule has 1 saturated carbocycles. The average molecular weight is 287 g/mol. The highest BCUT2D eigenvalue weighted by Crippen LogP contribution is 2.41. The maximum atomic E-state index is 3.71. The minimum absolute atomic E-state index is 0.470. The van der Waals surface area contributed by atoms with Crippen LogP contribution in [0.2, 0.25) is 0 Å². The predicted octanol–water partition coefficient (Wildman–Crippen LogP) is 3.47. The first-order chi connectivity index (χ1) is 8.84. The van der Waals surface area contributed by atoms with Crippen molar-refractivity contribution in [2.24, 2.45) is 11.3 Å². The van der Waals surface area contributed by atoms with Crippen molar-refractivity contribution in [3.05, 3.63) is 0 Å². The lowest BCUT2D eigenvalue weighted by atomic mass is 9.71. The summed E-state index contributed by atoms with van der Waals surface area (Å²) in [7, 11) is 4.34. The Balaban J connectivity index is 2.52. The molecule has 0 aromatic rings. The molecule has 0 heterocycles. The van der Waals surface area contributed by atoms with Gasteiger partial charge in [0.1, 0.15) is 0 Å². The molecule has 0 bridgehead atoms. The highest BCUT2D eigenvalue weighted by atomic mass is 32.2. The molecule has 0 amide bonds. The molecule has 1 aliphatic carbocycles. The van der Waals surface area contributed by atoms with Crippen molar-refractivity contribution in [1.29, 1.82) is 0 Å². The molecule has 0 saturated heterocycles. The van der Waals surface area contributed by atoms with Crippen LogP contribution in [0.5, 0.6) is 0 Å². The Morgan fingerprint density at radius 2 is 1.89 bits per heavy atom. The van der Waals surface area contributed by atoms with Crippen LogP contribution in [0, 0.1) is 11.3 Å². The zero-order chi connectivity index (χ0) is 14.5. The average Bonchev–Trinajstić information content (AvgIpc) is 2.29. The van der Waals surface area contributed by atoms with Gasteiger partial charge < -0.3 is 10.2 Å². The van der Waals surface area contributed by atoms with Crippen LogP contribution in [-0.4, -0.2) is 49.1 Å². The van der Waals surface area contributed by atoms with E-state index >= 15 is 0 Å². The quantitative estimate of drug-likeness (QED) is 0.805. The maximum Gasteiger partial charge on any atom is 0.0204 e. The summed E-state index contributed by atoms with van der Waals surface area (Å²) in [5, 5.41) is 4.51. The molecule has 114 valence electrons. The van der Waals surface area contributed by atoms with E-state index in [1.54, 1.807) is 0 Å². The number of hydrogen-bond acceptors (Lipinski definition) is 3. The van der Waals surface area contributed by atoms with Gasteiger partial charge in [-0.1, -0.05) is 27.7 Å². The Labute approximate surface area is 125 Å². The monoisotopic (exact) mass is 286 g/mol. The zero-order valence-corrected chi connectivity index (χ0v) is 14.6. The van der Waals surface area contributed by atoms with E-state index in [4.69, 9.17) is 0 Å². The fourth-order valence-electron chi connectivity index (χ4n) is 2.98. The van der Waals surface area contributed by atoms with Crippen LogP contribution in [0.3, 0.4) is 0 Å². The SMILES string of the molecule is CCNC1CCC(C(C)(C)C)CC1SCCN(C)C. The smallest absolute Gasteiger partial charge is 0.0204 e. The van der Waals surface area contributed by atoms with Crippen molar-refractivity contribution in [1.82, 2.24) is 10.2 Å². The van der Waals surface area contributed by atoms with E-state index in [1.165, 1.54) is 31.6 Å². The summed E-state index contributed by atoms with van der Waals surface area (Å²) < 4.78 is 0. The number of hydrogen-bond donors (Lipinski definition) is 1. The Bertz CT molecular complexity index is 248. The lowest BCUT2D eigenvalue weighted by Crippen LogP contribution is -2.45. The van der Waals surface area contributed by atoms with Gasteiger partial charge in [-0.3, -0.25) is 0 Å². The maximum absolute atomic E-state index is 3.71. The molecule has 1 N–H and O–H groups in total. The summed E-state index contributed by atoms with van der Waals surface area (Å²) in [6.07, 6.45) is 4.14. The van der Waals surface area contributed by atoms with Gasteiger partial charge in [-0.15, -0.1) is 0 Å². The summed E-state index contributed by atoms with van der Waals surface area (Å²) in [6.45, 7) is 11.8. The van der Waals surface area contributed by atoms with Crippen LogP contribution >= 0.6 is 11.8 Å². The second-order valence-corrected chi connectivity index (χ2v) is 8.60. The predicted molar refractivity (Wildman–Crippen MR) is 89.1 cm³/mol. The molecular formula is C16H34N2S. The molecule has 1 aliphatic rings. The van der Waals surface area contributed by atoms with Crippen molar-refractivity contribution in [2.75, 3.05) is 32.9 Å². The summed E-state index contributed by atoms with van der Waals surface area (Å²) in [6, 6.07) is 0.732. The molecule has 3 unspecified atom stereocenters. The largest absolute Gasteiger partial charge is 0.313 e. The molecule has 0 aromatic carbocycles. The second kappa shape index (κ2) is 7.90. The first-order valence-corrected chi connectivity index (χ1v) is 8.89. The van der Waals surface area contributed by atoms with Crippen LogP contribution in [0.25, 0.3) is 0 Å². The first-order valence-electron chi connectivity index (χ1n) is 7.84. The fourth-order valence-corrected chi connectivity index (χ4v) is 4.59. The van der Waals surface area contributed by atoms with Gasteiger partial charge in [-0.2, -0.15) is 11.8 Å². The van der Waals surface area contributed by atoms with Crippen LogP contribution in [0.1, 0.15) is 47.0 Å². The van der Waals surface area contributed by atoms with E-state index in [9.17, 15) is 0 Å². The molecule has 2 nitrogen and oxygen atoms in total. The van der Waals surface area contributed by atoms with E-state index in [-0.39, 0.29) is 0 Å². The number of thioether (sulfide) groups is 1. The van der Waals surface area contributed by atoms with Gasteiger partial charge >= 0.3 is 0 Å². The highest BCUT2D eigenvalue weighted by molar-refractivity contribution is 8.00. The van der Waals surface area contributed by atoms with Crippen molar-refractivity contribution >= 4 is 11.8 Å². The highest BCUT2D eigenvalue weighted by Gasteiger charge is 2.35. The standard InChI is InChI=1S/C16H34N2S/c1-7-17-14-9-8-13(16(2,3)4)12-15(14)19-11-10-18(5)6/h13-15,17H,7-12H2,1-6H3. The molecule has 3 atom stereocenters. The van der Waals surface area contributed by atoms with Gasteiger partial charge in [0.15, 0.2) is 0 Å². The molecule has 1 rings (SSSR count). The van der Waals surface area contributed by atoms with Gasteiger partial charge in [-0.05, 0) is 51.2 Å². The van der Waals surface area contributed by atoms with Gasteiger partial charge in [0.2, 0.25) is 0 Å². The molecule has 19 heavy (non-hydrogen) atoms. The van der Waals surface area contributed by atoms with Crippen LogP contribution in [0.15, 0.2) is 0 Å². The van der Waals surface area contributed by atoms with E-state index in [0.717, 1.165) is 23.8 Å². The van der Waals surface area contributed by atoms with E-state index in [0.29, 0.717) is 5.41 Å². The minimum atomic E-state index is 0.470. The second-order valence-electron chi connectivity index (χ2n) is 7.25. The van der Waals surface area contributed by atoms with Crippen LogP contribution in [-0.2, 0) is 0 Å². The molecule has 1 fully saturated rings. The summed E-state index contributed by atoms with van der Waals surface area (Å²) in [5.41, 5.74) is 0.470. The van der Waals surface area contributed by atoms with E-state index < -0.39 is 0 Å². The van der Waals surface area contributed by atoms with Gasteiger partial charge in [-0.25, -0.2) is 0 Å². The third-order valence-corrected chi connectivity index (χ3v) is 5.72. The van der Waals surface area contributed by atoms with Crippen molar-refractivity contribution < 1.29 is 0 Å². The van der Waals surface area contributed by atoms with Gasteiger partial charge in [0.25, 0.3) is 0 Å². The first kappa shape index (κ1) is 17.3. The zero-order valence-electron chi connectivity index (χ0n) is 13.8. The lowest BCUT2D eigenvalue weighted by molar-refractivity contribution is 0.165. The third-order valence-electron chi connectivity index (χ3n) is 4.35. The number of nitrogens with one attached hydrogen (secondary N) is 1. The summed E-state index contributed by atoms with van der Waals surface area (Å²) >= 11 is 2.19. The molecular weight excluding hydrogens is 252 g/mol. The Morgan fingerprint density at radius 1 is 1.21 bits per heavy atom. The van der Waals surface area contributed by atoms with Crippen molar-refractivity contribution in [3.8, 4) is 0 Å². The molecule has 0 aliphatic heterocycles. The normalized spacial score (nSPS) is 28.9. The van der Waals surface area contributed by atoms with Crippen molar-refractivity contribution in [2.45, 2.75) is 58.2 Å². The van der Waals surface area contributed by atoms with Gasteiger partial charge in [0, 0.05) is 23.6 Å². The molecule has 3 heteroatoms. The Morgan fingerprint density at radius 3 is 2.42 bits per heavy atom. The molecule has 0 spiro atoms. The van der Waals surface area contributed by atoms with Crippen LogP contribution < -0.4 is 5.32 Å². The lowest BCUT2D eigenvalue weighted by Gasteiger charge is -2.42. The number of nitrogens with zero attached hydrogens (tertiary/aromatic N) is 1. The molecule has 0 radical (unpaired) electrons. The van der Waals surface area contributed by atoms with Crippen molar-refractivity contribution in [3.63, 3.8) is 0 Å². The Hall–Kier alpha value is 0.270. The Kier molecular flexibility index (Phi) is 7.20. The summed E-state index contributed by atoms with van der Waals surface area (Å²) in [4.78, 5) is 2.29. The van der Waals surface area contributed by atoms with Gasteiger partial charge in [0.05, 0.1) is 0 Å². The molecule has 0 aromatic heterocycles. The third kappa shape index (κ3) is 6.05. The van der Waals surface area contributed by atoms with E-state index in [1.807, 2.05) is 0 Å². The topological polar surface area (TPSA) is 15.3 Å². The van der Waals surface area contributed by atoms with E-state index in [2.05, 4.69) is 63.8 Å².